The molecule has 1 N–H and O–H groups in total. The molecular formula is C18H28N4OS. The van der Waals surface area contributed by atoms with E-state index < -0.39 is 0 Å². The molecule has 24 heavy (non-hydrogen) atoms. The van der Waals surface area contributed by atoms with Gasteiger partial charge >= 0.3 is 0 Å². The summed E-state index contributed by atoms with van der Waals surface area (Å²) < 4.78 is 6.09. The average Bonchev–Trinajstić information content (AvgIpc) is 3.33. The molecular weight excluding hydrogens is 320 g/mol. The minimum absolute atomic E-state index is 0.378. The summed E-state index contributed by atoms with van der Waals surface area (Å²) in [7, 11) is 6.19. The van der Waals surface area contributed by atoms with E-state index in [1.54, 1.807) is 0 Å². The zero-order chi connectivity index (χ0) is 16.7. The van der Waals surface area contributed by atoms with Crippen LogP contribution in [0.1, 0.15) is 23.8 Å². The summed E-state index contributed by atoms with van der Waals surface area (Å²) in [5.74, 6) is 2.47. The van der Waals surface area contributed by atoms with Crippen molar-refractivity contribution in [3.63, 3.8) is 0 Å². The maximum Gasteiger partial charge on any atom is 0.193 e. The largest absolute Gasteiger partial charge is 0.374 e. The maximum absolute atomic E-state index is 6.09. The van der Waals surface area contributed by atoms with Crippen molar-refractivity contribution in [1.82, 2.24) is 15.1 Å². The van der Waals surface area contributed by atoms with Crippen LogP contribution in [0, 0.1) is 11.8 Å². The Labute approximate surface area is 148 Å². The second-order valence-electron chi connectivity index (χ2n) is 7.45. The van der Waals surface area contributed by atoms with Crippen LogP contribution in [0.15, 0.2) is 22.5 Å². The van der Waals surface area contributed by atoms with Crippen LogP contribution < -0.4 is 5.32 Å². The average molecular weight is 349 g/mol. The van der Waals surface area contributed by atoms with Crippen LogP contribution in [0.3, 0.4) is 0 Å². The number of likely N-dealkylation sites (tertiary alicyclic amines) is 1. The fourth-order valence-electron chi connectivity index (χ4n) is 4.67. The highest BCUT2D eigenvalue weighted by Gasteiger charge is 2.53. The molecule has 0 aliphatic carbocycles. The number of nitrogens with zero attached hydrogens (tertiary/aromatic N) is 3. The van der Waals surface area contributed by atoms with Gasteiger partial charge in [0.2, 0.25) is 0 Å². The Morgan fingerprint density at radius 1 is 1.38 bits per heavy atom. The molecule has 3 aliphatic heterocycles. The van der Waals surface area contributed by atoms with Crippen LogP contribution in [0.25, 0.3) is 0 Å². The first kappa shape index (κ1) is 16.4. The molecule has 0 spiro atoms. The van der Waals surface area contributed by atoms with Gasteiger partial charge in [-0.1, -0.05) is 6.07 Å². The van der Waals surface area contributed by atoms with E-state index in [9.17, 15) is 0 Å². The normalized spacial score (nSPS) is 33.3. The molecule has 2 bridgehead atoms. The zero-order valence-electron chi connectivity index (χ0n) is 14.8. The van der Waals surface area contributed by atoms with Crippen molar-refractivity contribution in [2.24, 2.45) is 16.8 Å². The predicted molar refractivity (Wildman–Crippen MR) is 98.6 cm³/mol. The first-order chi connectivity index (χ1) is 11.7. The number of hydrogen-bond acceptors (Lipinski definition) is 4. The van der Waals surface area contributed by atoms with Gasteiger partial charge in [0.05, 0.1) is 18.2 Å². The quantitative estimate of drug-likeness (QED) is 0.668. The third-order valence-corrected chi connectivity index (χ3v) is 6.89. The molecule has 132 valence electrons. The van der Waals surface area contributed by atoms with E-state index in [0.717, 1.165) is 25.6 Å². The molecule has 1 aromatic rings. The second kappa shape index (κ2) is 6.65. The van der Waals surface area contributed by atoms with Gasteiger partial charge in [0, 0.05) is 43.4 Å². The van der Waals surface area contributed by atoms with Crippen molar-refractivity contribution in [3.05, 3.63) is 22.4 Å². The monoisotopic (exact) mass is 348 g/mol. The van der Waals surface area contributed by atoms with Gasteiger partial charge in [-0.05, 0) is 38.4 Å². The lowest BCUT2D eigenvalue weighted by atomic mass is 9.82. The summed E-state index contributed by atoms with van der Waals surface area (Å²) in [6, 6.07) is 4.72. The number of nitrogens with one attached hydrogen (secondary N) is 1. The molecule has 4 heterocycles. The highest BCUT2D eigenvalue weighted by Crippen LogP contribution is 2.47. The number of thiophene rings is 1. The fraction of sp³-hybridized carbons (Fsp3) is 0.722. The van der Waals surface area contributed by atoms with Gasteiger partial charge in [-0.15, -0.1) is 11.3 Å². The number of hydrogen-bond donors (Lipinski definition) is 1. The first-order valence-electron chi connectivity index (χ1n) is 8.98. The molecule has 0 radical (unpaired) electrons. The van der Waals surface area contributed by atoms with E-state index in [1.165, 1.54) is 17.7 Å². The van der Waals surface area contributed by atoms with Gasteiger partial charge in [0.1, 0.15) is 0 Å². The molecule has 4 rings (SSSR count). The zero-order valence-corrected chi connectivity index (χ0v) is 15.6. The Hall–Kier alpha value is -1.11. The standard InChI is InChI=1S/C18H28N4OS/c1-19-18(20-9-14(21(2)3)17-5-4-8-24-17)22-10-12-13(11-22)16-7-6-15(12)23-16/h4-5,8,12-16H,6-7,9-11H2,1-3H3,(H,19,20). The number of ether oxygens (including phenoxy) is 1. The number of likely N-dealkylation sites (N-methyl/N-ethyl adjacent to an activating group) is 1. The number of aliphatic imine (C=N–C) groups is 1. The first-order valence-corrected chi connectivity index (χ1v) is 9.86. The summed E-state index contributed by atoms with van der Waals surface area (Å²) in [4.78, 5) is 10.7. The van der Waals surface area contributed by atoms with E-state index in [4.69, 9.17) is 4.74 Å². The number of rotatable bonds is 4. The molecule has 0 amide bonds. The van der Waals surface area contributed by atoms with Gasteiger partial charge in [0.15, 0.2) is 5.96 Å². The van der Waals surface area contributed by atoms with Gasteiger partial charge in [0.25, 0.3) is 0 Å². The minimum atomic E-state index is 0.378. The fourth-order valence-corrected chi connectivity index (χ4v) is 5.59. The van der Waals surface area contributed by atoms with E-state index in [1.807, 2.05) is 18.4 Å². The lowest BCUT2D eigenvalue weighted by molar-refractivity contribution is 0.0767. The topological polar surface area (TPSA) is 40.1 Å². The predicted octanol–water partition coefficient (Wildman–Crippen LogP) is 2.04. The summed E-state index contributed by atoms with van der Waals surface area (Å²) in [6.45, 7) is 3.07. The molecule has 3 aliphatic rings. The van der Waals surface area contributed by atoms with Crippen LogP contribution in [0.5, 0.6) is 0 Å². The number of guanidine groups is 1. The second-order valence-corrected chi connectivity index (χ2v) is 8.43. The maximum atomic E-state index is 6.09. The van der Waals surface area contributed by atoms with E-state index in [-0.39, 0.29) is 0 Å². The van der Waals surface area contributed by atoms with Crippen molar-refractivity contribution >= 4 is 17.3 Å². The van der Waals surface area contributed by atoms with Crippen LogP contribution >= 0.6 is 11.3 Å². The molecule has 3 fully saturated rings. The summed E-state index contributed by atoms with van der Waals surface area (Å²) >= 11 is 1.82. The van der Waals surface area contributed by atoms with Crippen LogP contribution in [0.4, 0.5) is 0 Å². The molecule has 5 atom stereocenters. The van der Waals surface area contributed by atoms with Crippen molar-refractivity contribution in [2.45, 2.75) is 31.1 Å². The van der Waals surface area contributed by atoms with Crippen molar-refractivity contribution in [1.29, 1.82) is 0 Å². The third-order valence-electron chi connectivity index (χ3n) is 5.91. The molecule has 5 unspecified atom stereocenters. The molecule has 0 saturated carbocycles. The Balaban J connectivity index is 1.38. The van der Waals surface area contributed by atoms with Gasteiger partial charge in [-0.3, -0.25) is 4.99 Å². The van der Waals surface area contributed by atoms with Crippen molar-refractivity contribution < 1.29 is 4.74 Å². The third kappa shape index (κ3) is 2.85. The van der Waals surface area contributed by atoms with Crippen LogP contribution in [0.2, 0.25) is 0 Å². The minimum Gasteiger partial charge on any atom is -0.374 e. The van der Waals surface area contributed by atoms with E-state index in [0.29, 0.717) is 30.1 Å². The highest BCUT2D eigenvalue weighted by molar-refractivity contribution is 7.10. The number of fused-ring (bicyclic) bond motifs is 5. The van der Waals surface area contributed by atoms with Gasteiger partial charge < -0.3 is 19.9 Å². The molecule has 6 heteroatoms. The summed E-state index contributed by atoms with van der Waals surface area (Å²) in [5.41, 5.74) is 0. The SMILES string of the molecule is CN=C(NCC(c1cccs1)N(C)C)N1CC2C3CCC(O3)C2C1. The molecule has 3 saturated heterocycles. The van der Waals surface area contributed by atoms with Crippen LogP contribution in [-0.4, -0.2) is 68.7 Å². The Bertz CT molecular complexity index is 570. The van der Waals surface area contributed by atoms with Crippen molar-refractivity contribution in [3.8, 4) is 0 Å². The summed E-state index contributed by atoms with van der Waals surface area (Å²) in [6.07, 6.45) is 3.52. The smallest absolute Gasteiger partial charge is 0.193 e. The van der Waals surface area contributed by atoms with Crippen molar-refractivity contribution in [2.75, 3.05) is 40.8 Å². The van der Waals surface area contributed by atoms with E-state index in [2.05, 4.69) is 51.7 Å². The van der Waals surface area contributed by atoms with Gasteiger partial charge in [-0.2, -0.15) is 0 Å². The summed E-state index contributed by atoms with van der Waals surface area (Å²) in [5, 5.41) is 5.77. The van der Waals surface area contributed by atoms with E-state index >= 15 is 0 Å². The molecule has 5 nitrogen and oxygen atoms in total. The van der Waals surface area contributed by atoms with Gasteiger partial charge in [-0.25, -0.2) is 0 Å². The Kier molecular flexibility index (Phi) is 4.54. The lowest BCUT2D eigenvalue weighted by Crippen LogP contribution is -2.44. The van der Waals surface area contributed by atoms with Crippen LogP contribution in [-0.2, 0) is 4.74 Å². The lowest BCUT2D eigenvalue weighted by Gasteiger charge is -2.28. The molecule has 0 aromatic carbocycles. The highest BCUT2D eigenvalue weighted by atomic mass is 32.1. The Morgan fingerprint density at radius 3 is 2.62 bits per heavy atom. The molecule has 1 aromatic heterocycles. The Morgan fingerprint density at radius 2 is 2.08 bits per heavy atom.